The van der Waals surface area contributed by atoms with Crippen LogP contribution in [0.4, 0.5) is 18.0 Å². The van der Waals surface area contributed by atoms with Crippen molar-refractivity contribution in [2.75, 3.05) is 6.54 Å². The predicted octanol–water partition coefficient (Wildman–Crippen LogP) is 1.45. The summed E-state index contributed by atoms with van der Waals surface area (Å²) in [7, 11) is 0. The molecule has 0 aromatic rings. The summed E-state index contributed by atoms with van der Waals surface area (Å²) in [6.45, 7) is -1.37. The fraction of sp³-hybridized carbons (Fsp3) is 0.778. The molecule has 0 saturated heterocycles. The van der Waals surface area contributed by atoms with E-state index in [1.54, 1.807) is 5.32 Å². The number of halogens is 3. The molecule has 0 aliphatic heterocycles. The van der Waals surface area contributed by atoms with Gasteiger partial charge in [0.1, 0.15) is 6.54 Å². The molecule has 17 heavy (non-hydrogen) atoms. The molecule has 1 saturated carbocycles. The first-order valence-corrected chi connectivity index (χ1v) is 5.59. The third-order valence-electron chi connectivity index (χ3n) is 2.73. The molecule has 1 fully saturated rings. The summed E-state index contributed by atoms with van der Waals surface area (Å²) in [5.41, 5.74) is 4.70. The standard InChI is InChI=1S/C9H14F3N3OS/c10-9(11,12)5-14-7(16)15-8(6(13)17)3-1-2-4-8/h1-5H2,(H2,13,17)(H2,14,15,16). The second-order valence-corrected chi connectivity index (χ2v) is 4.52. The summed E-state index contributed by atoms with van der Waals surface area (Å²) in [5, 5.41) is 4.19. The molecule has 1 rings (SSSR count). The van der Waals surface area contributed by atoms with E-state index in [0.717, 1.165) is 12.8 Å². The van der Waals surface area contributed by atoms with Crippen molar-refractivity contribution in [3.63, 3.8) is 0 Å². The first-order valence-electron chi connectivity index (χ1n) is 5.18. The smallest absolute Gasteiger partial charge is 0.391 e. The zero-order valence-corrected chi connectivity index (χ0v) is 9.88. The second-order valence-electron chi connectivity index (χ2n) is 4.08. The Morgan fingerprint density at radius 3 is 2.29 bits per heavy atom. The van der Waals surface area contributed by atoms with Crippen molar-refractivity contribution < 1.29 is 18.0 Å². The Morgan fingerprint density at radius 1 is 1.35 bits per heavy atom. The van der Waals surface area contributed by atoms with Gasteiger partial charge in [0.2, 0.25) is 0 Å². The maximum atomic E-state index is 11.9. The van der Waals surface area contributed by atoms with Gasteiger partial charge >= 0.3 is 12.2 Å². The van der Waals surface area contributed by atoms with Crippen molar-refractivity contribution >= 4 is 23.2 Å². The predicted molar refractivity (Wildman–Crippen MR) is 60.6 cm³/mol. The summed E-state index contributed by atoms with van der Waals surface area (Å²) in [6.07, 6.45) is -1.60. The number of hydrogen-bond acceptors (Lipinski definition) is 2. The van der Waals surface area contributed by atoms with E-state index in [9.17, 15) is 18.0 Å². The van der Waals surface area contributed by atoms with Crippen LogP contribution in [0.2, 0.25) is 0 Å². The highest BCUT2D eigenvalue weighted by Crippen LogP contribution is 2.29. The average molecular weight is 269 g/mol. The van der Waals surface area contributed by atoms with Gasteiger partial charge in [-0.3, -0.25) is 0 Å². The van der Waals surface area contributed by atoms with Crippen LogP contribution in [0.5, 0.6) is 0 Å². The number of rotatable bonds is 3. The lowest BCUT2D eigenvalue weighted by Crippen LogP contribution is -2.58. The van der Waals surface area contributed by atoms with Crippen molar-refractivity contribution in [1.29, 1.82) is 0 Å². The Kier molecular flexibility index (Phi) is 4.18. The normalized spacial score (nSPS) is 18.8. The van der Waals surface area contributed by atoms with E-state index < -0.39 is 24.3 Å². The number of urea groups is 1. The number of thiocarbonyl (C=S) groups is 1. The SMILES string of the molecule is NC(=S)C1(NC(=O)NCC(F)(F)F)CCCC1. The summed E-state index contributed by atoms with van der Waals surface area (Å²) in [5.74, 6) is 0. The first-order chi connectivity index (χ1) is 7.75. The monoisotopic (exact) mass is 269 g/mol. The molecule has 0 heterocycles. The third kappa shape index (κ3) is 4.03. The fourth-order valence-corrected chi connectivity index (χ4v) is 2.11. The molecule has 0 unspecified atom stereocenters. The lowest BCUT2D eigenvalue weighted by molar-refractivity contribution is -0.122. The van der Waals surface area contributed by atoms with Crippen LogP contribution in [-0.4, -0.2) is 29.3 Å². The molecule has 0 aromatic carbocycles. The minimum Gasteiger partial charge on any atom is -0.391 e. The number of carbonyl (C=O) groups is 1. The minimum atomic E-state index is -4.43. The maximum absolute atomic E-state index is 11.9. The number of nitrogens with two attached hydrogens (primary N) is 1. The molecule has 1 aliphatic rings. The van der Waals surface area contributed by atoms with Gasteiger partial charge in [-0.05, 0) is 12.8 Å². The van der Waals surface area contributed by atoms with Gasteiger partial charge in [0.25, 0.3) is 0 Å². The lowest BCUT2D eigenvalue weighted by atomic mass is 9.98. The van der Waals surface area contributed by atoms with E-state index >= 15 is 0 Å². The molecule has 0 atom stereocenters. The number of carbonyl (C=O) groups excluding carboxylic acids is 1. The Balaban J connectivity index is 2.51. The van der Waals surface area contributed by atoms with Crippen LogP contribution in [0.1, 0.15) is 25.7 Å². The van der Waals surface area contributed by atoms with Crippen LogP contribution >= 0.6 is 12.2 Å². The van der Waals surface area contributed by atoms with E-state index in [1.807, 2.05) is 0 Å². The van der Waals surface area contributed by atoms with E-state index in [0.29, 0.717) is 12.8 Å². The molecule has 98 valence electrons. The topological polar surface area (TPSA) is 67.1 Å². The number of alkyl halides is 3. The van der Waals surface area contributed by atoms with Crippen LogP contribution in [0.15, 0.2) is 0 Å². The van der Waals surface area contributed by atoms with Crippen LogP contribution in [-0.2, 0) is 0 Å². The Bertz CT molecular complexity index is 313. The van der Waals surface area contributed by atoms with Gasteiger partial charge in [0, 0.05) is 0 Å². The van der Waals surface area contributed by atoms with Crippen molar-refractivity contribution in [1.82, 2.24) is 10.6 Å². The Hall–Kier alpha value is -1.05. The minimum absolute atomic E-state index is 0.122. The van der Waals surface area contributed by atoms with Gasteiger partial charge in [0.15, 0.2) is 0 Å². The van der Waals surface area contributed by atoms with E-state index in [1.165, 1.54) is 0 Å². The molecule has 2 amide bonds. The average Bonchev–Trinajstić information content (AvgIpc) is 2.63. The highest BCUT2D eigenvalue weighted by atomic mass is 32.1. The maximum Gasteiger partial charge on any atom is 0.405 e. The number of hydrogen-bond donors (Lipinski definition) is 3. The molecule has 1 aliphatic carbocycles. The molecule has 0 bridgehead atoms. The van der Waals surface area contributed by atoms with Crippen molar-refractivity contribution in [3.05, 3.63) is 0 Å². The van der Waals surface area contributed by atoms with Gasteiger partial charge in [-0.25, -0.2) is 4.79 Å². The van der Waals surface area contributed by atoms with Crippen LogP contribution in [0, 0.1) is 0 Å². The highest BCUT2D eigenvalue weighted by molar-refractivity contribution is 7.80. The summed E-state index contributed by atoms with van der Waals surface area (Å²) in [6, 6.07) is -0.892. The summed E-state index contributed by atoms with van der Waals surface area (Å²) in [4.78, 5) is 11.4. The van der Waals surface area contributed by atoms with Crippen LogP contribution < -0.4 is 16.4 Å². The molecular weight excluding hydrogens is 255 g/mol. The molecule has 8 heteroatoms. The first kappa shape index (κ1) is 14.0. The molecule has 0 aromatic heterocycles. The molecule has 0 spiro atoms. The Morgan fingerprint density at radius 2 is 1.88 bits per heavy atom. The molecular formula is C9H14F3N3OS. The zero-order chi connectivity index (χ0) is 13.1. The van der Waals surface area contributed by atoms with Crippen molar-refractivity contribution in [2.24, 2.45) is 5.73 Å². The lowest BCUT2D eigenvalue weighted by Gasteiger charge is -2.29. The van der Waals surface area contributed by atoms with Crippen LogP contribution in [0.25, 0.3) is 0 Å². The van der Waals surface area contributed by atoms with Gasteiger partial charge in [0.05, 0.1) is 10.5 Å². The Labute approximate surface area is 102 Å². The largest absolute Gasteiger partial charge is 0.405 e. The van der Waals surface area contributed by atoms with Crippen molar-refractivity contribution in [2.45, 2.75) is 37.4 Å². The fourth-order valence-electron chi connectivity index (χ4n) is 1.85. The quantitative estimate of drug-likeness (QED) is 0.679. The van der Waals surface area contributed by atoms with E-state index in [-0.39, 0.29) is 4.99 Å². The highest BCUT2D eigenvalue weighted by Gasteiger charge is 2.38. The zero-order valence-electron chi connectivity index (χ0n) is 9.06. The number of amides is 2. The molecule has 0 radical (unpaired) electrons. The van der Waals surface area contributed by atoms with Gasteiger partial charge in [-0.2, -0.15) is 13.2 Å². The van der Waals surface area contributed by atoms with Crippen LogP contribution in [0.3, 0.4) is 0 Å². The second kappa shape index (κ2) is 5.07. The van der Waals surface area contributed by atoms with Gasteiger partial charge in [-0.15, -0.1) is 0 Å². The van der Waals surface area contributed by atoms with E-state index in [2.05, 4.69) is 5.32 Å². The number of nitrogens with one attached hydrogen (secondary N) is 2. The van der Waals surface area contributed by atoms with Gasteiger partial charge < -0.3 is 16.4 Å². The molecule has 4 nitrogen and oxygen atoms in total. The van der Waals surface area contributed by atoms with E-state index in [4.69, 9.17) is 18.0 Å². The summed E-state index contributed by atoms with van der Waals surface area (Å²) < 4.78 is 35.7. The third-order valence-corrected chi connectivity index (χ3v) is 3.12. The van der Waals surface area contributed by atoms with Gasteiger partial charge in [-0.1, -0.05) is 25.1 Å². The summed E-state index contributed by atoms with van der Waals surface area (Å²) >= 11 is 4.86. The molecule has 4 N–H and O–H groups in total. The van der Waals surface area contributed by atoms with Crippen molar-refractivity contribution in [3.8, 4) is 0 Å².